The van der Waals surface area contributed by atoms with Crippen LogP contribution >= 0.6 is 15.9 Å². The van der Waals surface area contributed by atoms with E-state index in [1.54, 1.807) is 22.0 Å². The maximum atomic E-state index is 14.5. The Balaban J connectivity index is 1.70. The Morgan fingerprint density at radius 2 is 1.88 bits per heavy atom. The number of likely N-dealkylation sites (tertiary alicyclic amines) is 1. The van der Waals surface area contributed by atoms with Crippen molar-refractivity contribution in [1.82, 2.24) is 15.1 Å². The summed E-state index contributed by atoms with van der Waals surface area (Å²) in [4.78, 5) is 59.3. The third-order valence-corrected chi connectivity index (χ3v) is 10.7. The van der Waals surface area contributed by atoms with Gasteiger partial charge >= 0.3 is 5.97 Å². The van der Waals surface area contributed by atoms with E-state index in [-0.39, 0.29) is 48.2 Å². The van der Waals surface area contributed by atoms with Crippen molar-refractivity contribution >= 4 is 39.6 Å². The summed E-state index contributed by atoms with van der Waals surface area (Å²) in [6.45, 7) is 12.2. The van der Waals surface area contributed by atoms with E-state index in [9.17, 15) is 24.3 Å². The van der Waals surface area contributed by atoms with Crippen LogP contribution in [0.5, 0.6) is 0 Å². The first-order chi connectivity index (χ1) is 23.6. The maximum absolute atomic E-state index is 14.5. The summed E-state index contributed by atoms with van der Waals surface area (Å²) in [7, 11) is 1.51. The molecule has 0 saturated carbocycles. The molecule has 11 nitrogen and oxygen atoms in total. The Labute approximate surface area is 298 Å². The predicted molar refractivity (Wildman–Crippen MR) is 189 cm³/mol. The van der Waals surface area contributed by atoms with Crippen LogP contribution in [0.3, 0.4) is 0 Å². The lowest BCUT2D eigenvalue weighted by atomic mass is 9.70. The number of alkyl halides is 1. The lowest BCUT2D eigenvalue weighted by Gasteiger charge is -2.38. The Morgan fingerprint density at radius 1 is 1.16 bits per heavy atom. The number of methoxy groups -OCH3 is 1. The summed E-state index contributed by atoms with van der Waals surface area (Å²) in [5.74, 6) is -3.32. The first-order valence-electron chi connectivity index (χ1n) is 17.3. The first-order valence-corrected chi connectivity index (χ1v) is 18.3. The van der Waals surface area contributed by atoms with Gasteiger partial charge < -0.3 is 34.4 Å². The number of hydrogen-bond acceptors (Lipinski definition) is 8. The minimum atomic E-state index is -1.23. The zero-order valence-corrected chi connectivity index (χ0v) is 30.5. The highest BCUT2D eigenvalue weighted by molar-refractivity contribution is 9.09. The second kappa shape index (κ2) is 17.7. The van der Waals surface area contributed by atoms with Gasteiger partial charge in [-0.15, -0.1) is 13.2 Å². The Morgan fingerprint density at radius 3 is 2.51 bits per heavy atom. The average molecular weight is 747 g/mol. The summed E-state index contributed by atoms with van der Waals surface area (Å²) >= 11 is 3.74. The van der Waals surface area contributed by atoms with Gasteiger partial charge in [0.15, 0.2) is 0 Å². The monoisotopic (exact) mass is 745 g/mol. The molecule has 0 radical (unpaired) electrons. The molecule has 3 aliphatic heterocycles. The number of halogens is 1. The molecule has 1 aromatic carbocycles. The normalized spacial score (nSPS) is 26.7. The summed E-state index contributed by atoms with van der Waals surface area (Å²) in [6.07, 6.45) is 5.65. The molecule has 1 unspecified atom stereocenters. The Kier molecular flexibility index (Phi) is 14.0. The molecule has 3 saturated heterocycles. The van der Waals surface area contributed by atoms with Gasteiger partial charge in [-0.2, -0.15) is 0 Å². The van der Waals surface area contributed by atoms with Crippen molar-refractivity contribution in [3.05, 3.63) is 61.2 Å². The van der Waals surface area contributed by atoms with E-state index >= 15 is 0 Å². The van der Waals surface area contributed by atoms with Crippen molar-refractivity contribution in [2.75, 3.05) is 33.4 Å². The van der Waals surface area contributed by atoms with E-state index in [0.717, 1.165) is 12.8 Å². The molecule has 3 aliphatic rings. The molecule has 2 bridgehead atoms. The first kappa shape index (κ1) is 38.7. The number of benzene rings is 1. The third-order valence-electron chi connectivity index (χ3n) is 9.84. The molecule has 1 aromatic rings. The van der Waals surface area contributed by atoms with Crippen molar-refractivity contribution < 1.29 is 38.5 Å². The van der Waals surface area contributed by atoms with Gasteiger partial charge in [-0.25, -0.2) is 0 Å². The molecule has 4 rings (SSSR count). The van der Waals surface area contributed by atoms with E-state index in [2.05, 4.69) is 34.4 Å². The van der Waals surface area contributed by atoms with Gasteiger partial charge in [0.1, 0.15) is 17.7 Å². The van der Waals surface area contributed by atoms with Crippen molar-refractivity contribution in [3.63, 3.8) is 0 Å². The highest BCUT2D eigenvalue weighted by Gasteiger charge is 2.77. The SMILES string of the molecule is C=CCCC(=O)N[C@H](COC)[C@H](OC(=O)[C@@H]1[C@H]2O[C@@]3(CC2Br)[C@H](C(=O)N(CC=C)C(C)C)N(CCCCCCO)C(=O)[C@@H]13)c1ccccc1. The molecule has 1 spiro atoms. The zero-order valence-electron chi connectivity index (χ0n) is 28.9. The van der Waals surface area contributed by atoms with Crippen molar-refractivity contribution in [1.29, 1.82) is 0 Å². The van der Waals surface area contributed by atoms with E-state index in [0.29, 0.717) is 44.3 Å². The minimum Gasteiger partial charge on any atom is -0.455 e. The van der Waals surface area contributed by atoms with Crippen molar-refractivity contribution in [2.24, 2.45) is 11.8 Å². The summed E-state index contributed by atoms with van der Waals surface area (Å²) in [5, 5.41) is 12.2. The number of esters is 1. The number of aliphatic hydroxyl groups is 1. The van der Waals surface area contributed by atoms with Crippen LogP contribution in [-0.2, 0) is 33.4 Å². The number of carbonyl (C=O) groups excluding carboxylic acids is 4. The van der Waals surface area contributed by atoms with Crippen molar-refractivity contribution in [2.45, 2.75) is 99.6 Å². The Bertz CT molecular complexity index is 1330. The van der Waals surface area contributed by atoms with Crippen LogP contribution in [0.1, 0.15) is 70.5 Å². The number of hydrogen-bond donors (Lipinski definition) is 2. The molecular weight excluding hydrogens is 694 g/mol. The summed E-state index contributed by atoms with van der Waals surface area (Å²) in [5.41, 5.74) is -0.577. The van der Waals surface area contributed by atoms with Crippen LogP contribution in [0.25, 0.3) is 0 Å². The average Bonchev–Trinajstić information content (AvgIpc) is 3.67. The molecule has 3 amide bonds. The summed E-state index contributed by atoms with van der Waals surface area (Å²) in [6, 6.07) is 7.32. The molecular formula is C37H52BrN3O8. The lowest BCUT2D eigenvalue weighted by Crippen LogP contribution is -2.58. The lowest BCUT2D eigenvalue weighted by molar-refractivity contribution is -0.163. The number of amides is 3. The fourth-order valence-corrected chi connectivity index (χ4v) is 8.59. The van der Waals surface area contributed by atoms with E-state index in [1.165, 1.54) is 7.11 Å². The number of nitrogens with one attached hydrogen (secondary N) is 1. The number of allylic oxidation sites excluding steroid dienone is 1. The molecule has 12 heteroatoms. The molecule has 8 atom stereocenters. The number of nitrogens with zero attached hydrogens (tertiary/aromatic N) is 2. The number of unbranched alkanes of at least 4 members (excludes halogenated alkanes) is 3. The standard InChI is InChI=1S/C37H52BrN3O8/c1-6-8-18-28(43)39-27(23-47-5)31(25-16-12-11-13-17-25)48-36(46)29-30-34(44)41(20-14-9-10-15-21-42)33(35(45)40(19-7-2)24(3)4)37(30)22-26(38)32(29)49-37/h6-7,11-13,16-17,24,26-27,29-33,42H,1-2,8-10,14-15,18-23H2,3-5H3,(H,39,43)/t26?,27-,29+,30-,31-,32+,33+,37-/m1/s1. The zero-order chi connectivity index (χ0) is 35.7. The largest absolute Gasteiger partial charge is 0.455 e. The molecule has 3 fully saturated rings. The van der Waals surface area contributed by atoms with E-state index in [1.807, 2.05) is 44.2 Å². The number of fused-ring (bicyclic) bond motifs is 1. The van der Waals surface area contributed by atoms with Gasteiger partial charge in [0.25, 0.3) is 0 Å². The molecule has 49 heavy (non-hydrogen) atoms. The fraction of sp³-hybridized carbons (Fsp3) is 0.622. The molecule has 3 heterocycles. The topological polar surface area (TPSA) is 135 Å². The van der Waals surface area contributed by atoms with Crippen LogP contribution in [-0.4, -0.2) is 107 Å². The van der Waals surface area contributed by atoms with E-state index in [4.69, 9.17) is 14.2 Å². The van der Waals surface area contributed by atoms with Gasteiger partial charge in [0.05, 0.1) is 30.6 Å². The van der Waals surface area contributed by atoms with Gasteiger partial charge in [-0.3, -0.25) is 19.2 Å². The second-order valence-electron chi connectivity index (χ2n) is 13.4. The van der Waals surface area contributed by atoms with Crippen LogP contribution in [0.15, 0.2) is 55.6 Å². The molecule has 270 valence electrons. The van der Waals surface area contributed by atoms with Gasteiger partial charge in [0.2, 0.25) is 17.7 Å². The summed E-state index contributed by atoms with van der Waals surface area (Å²) < 4.78 is 18.5. The smallest absolute Gasteiger partial charge is 0.313 e. The molecule has 2 N–H and O–H groups in total. The molecule has 0 aromatic heterocycles. The van der Waals surface area contributed by atoms with Crippen LogP contribution in [0.2, 0.25) is 0 Å². The Hall–Kier alpha value is -3.06. The number of ether oxygens (including phenoxy) is 3. The number of carbonyl (C=O) groups is 4. The second-order valence-corrected chi connectivity index (χ2v) is 14.6. The third kappa shape index (κ3) is 8.30. The van der Waals surface area contributed by atoms with Gasteiger partial charge in [-0.05, 0) is 45.1 Å². The highest BCUT2D eigenvalue weighted by atomic mass is 79.9. The van der Waals surface area contributed by atoms with Gasteiger partial charge in [-0.1, -0.05) is 71.3 Å². The van der Waals surface area contributed by atoms with Crippen LogP contribution in [0, 0.1) is 11.8 Å². The predicted octanol–water partition coefficient (Wildman–Crippen LogP) is 4.09. The highest BCUT2D eigenvalue weighted by Crippen LogP contribution is 2.60. The number of rotatable bonds is 20. The quantitative estimate of drug-likeness (QED) is 0.0883. The van der Waals surface area contributed by atoms with Crippen molar-refractivity contribution in [3.8, 4) is 0 Å². The fourth-order valence-electron chi connectivity index (χ4n) is 7.64. The van der Waals surface area contributed by atoms with Gasteiger partial charge in [0, 0.05) is 44.1 Å². The number of aliphatic hydroxyl groups excluding tert-OH is 1. The minimum absolute atomic E-state index is 0.0691. The van der Waals surface area contributed by atoms with Crippen LogP contribution < -0.4 is 5.32 Å². The van der Waals surface area contributed by atoms with Crippen LogP contribution in [0.4, 0.5) is 0 Å². The maximum Gasteiger partial charge on any atom is 0.313 e. The molecule has 0 aliphatic carbocycles. The van der Waals surface area contributed by atoms with E-state index < -0.39 is 47.7 Å².